The summed E-state index contributed by atoms with van der Waals surface area (Å²) in [5, 5.41) is 1.72. The van der Waals surface area contributed by atoms with Gasteiger partial charge in [0.15, 0.2) is 0 Å². The summed E-state index contributed by atoms with van der Waals surface area (Å²) in [4.78, 5) is 5.24. The van der Waals surface area contributed by atoms with Crippen LogP contribution in [0.1, 0.15) is 20.8 Å². The lowest BCUT2D eigenvalue weighted by Crippen LogP contribution is -2.38. The van der Waals surface area contributed by atoms with Crippen LogP contribution in [0.2, 0.25) is 0 Å². The highest BCUT2D eigenvalue weighted by molar-refractivity contribution is 5.08. The van der Waals surface area contributed by atoms with Gasteiger partial charge < -0.3 is 10.6 Å². The molecule has 1 aliphatic rings. The largest absolute Gasteiger partial charge is 0.368 e. The Morgan fingerprint density at radius 2 is 2.09 bits per heavy atom. The number of hydrogen-bond donors (Lipinski definition) is 1. The molecule has 3 nitrogen and oxygen atoms in total. The minimum absolute atomic E-state index is 0.0463. The molecule has 0 aliphatic carbocycles. The Hall–Kier alpha value is -1.12. The van der Waals surface area contributed by atoms with Crippen LogP contribution in [0, 0.1) is 0 Å². The normalized spacial score (nSPS) is 17.7. The fraction of sp³-hybridized carbons (Fsp3) is 0.500. The van der Waals surface area contributed by atoms with Crippen LogP contribution < -0.4 is 5.73 Å². The van der Waals surface area contributed by atoms with Crippen LogP contribution >= 0.6 is 0 Å². The first kappa shape index (κ1) is 7.98. The summed E-state index contributed by atoms with van der Waals surface area (Å²) in [5.41, 5.74) is 5.42. The van der Waals surface area contributed by atoms with Crippen LogP contribution in [-0.4, -0.2) is 10.6 Å². The molecule has 0 saturated carbocycles. The van der Waals surface area contributed by atoms with E-state index in [1.807, 2.05) is 12.3 Å². The highest BCUT2D eigenvalue weighted by atomic mass is 16.7. The first-order chi connectivity index (χ1) is 5.00. The molecule has 1 heterocycles. The maximum atomic E-state index is 5.47. The quantitative estimate of drug-likeness (QED) is 0.572. The van der Waals surface area contributed by atoms with Crippen molar-refractivity contribution in [3.63, 3.8) is 0 Å². The van der Waals surface area contributed by atoms with Gasteiger partial charge in [-0.15, -0.1) is 0 Å². The van der Waals surface area contributed by atoms with E-state index in [9.17, 15) is 0 Å². The third-order valence-corrected chi connectivity index (χ3v) is 1.35. The molecular weight excluding hydrogens is 140 g/mol. The Labute approximate surface area is 67.1 Å². The van der Waals surface area contributed by atoms with E-state index in [0.29, 0.717) is 5.88 Å². The topological polar surface area (TPSA) is 38.5 Å². The second-order valence-corrected chi connectivity index (χ2v) is 3.50. The molecule has 1 rings (SSSR count). The van der Waals surface area contributed by atoms with E-state index in [0.717, 1.165) is 0 Å². The molecule has 0 aromatic carbocycles. The van der Waals surface area contributed by atoms with Gasteiger partial charge in [-0.3, -0.25) is 0 Å². The first-order valence-electron chi connectivity index (χ1n) is 3.61. The van der Waals surface area contributed by atoms with E-state index in [-0.39, 0.29) is 5.54 Å². The van der Waals surface area contributed by atoms with Crippen LogP contribution in [-0.2, 0) is 4.84 Å². The third kappa shape index (κ3) is 1.90. The first-order valence-corrected chi connectivity index (χ1v) is 3.61. The van der Waals surface area contributed by atoms with Crippen molar-refractivity contribution in [1.82, 2.24) is 5.06 Å². The van der Waals surface area contributed by atoms with Crippen molar-refractivity contribution in [1.29, 1.82) is 0 Å². The molecule has 1 aliphatic heterocycles. The molecule has 0 saturated heterocycles. The zero-order chi connectivity index (χ0) is 8.48. The van der Waals surface area contributed by atoms with E-state index < -0.39 is 0 Å². The van der Waals surface area contributed by atoms with Crippen LogP contribution in [0.25, 0.3) is 0 Å². The fourth-order valence-corrected chi connectivity index (χ4v) is 0.751. The maximum Gasteiger partial charge on any atom is 0.217 e. The summed E-state index contributed by atoms with van der Waals surface area (Å²) < 4.78 is 0. The predicted molar refractivity (Wildman–Crippen MR) is 44.1 cm³/mol. The van der Waals surface area contributed by atoms with Crippen LogP contribution in [0.4, 0.5) is 0 Å². The minimum Gasteiger partial charge on any atom is -0.368 e. The minimum atomic E-state index is -0.0463. The molecule has 0 aromatic rings. The highest BCUT2D eigenvalue weighted by Crippen LogP contribution is 2.18. The Morgan fingerprint density at radius 3 is 2.45 bits per heavy atom. The molecule has 11 heavy (non-hydrogen) atoms. The van der Waals surface area contributed by atoms with Crippen molar-refractivity contribution in [3.8, 4) is 0 Å². The molecule has 0 atom stereocenters. The monoisotopic (exact) mass is 154 g/mol. The highest BCUT2D eigenvalue weighted by Gasteiger charge is 2.21. The van der Waals surface area contributed by atoms with Gasteiger partial charge in [0.05, 0.1) is 5.54 Å². The molecule has 0 unspecified atom stereocenters. The number of hydroxylamine groups is 2. The van der Waals surface area contributed by atoms with Crippen LogP contribution in [0.5, 0.6) is 0 Å². The third-order valence-electron chi connectivity index (χ3n) is 1.35. The number of hydrogen-bond acceptors (Lipinski definition) is 3. The number of nitrogens with two attached hydrogens (primary N) is 1. The number of rotatable bonds is 0. The van der Waals surface area contributed by atoms with Gasteiger partial charge in [-0.2, -0.15) is 0 Å². The van der Waals surface area contributed by atoms with Gasteiger partial charge in [0.1, 0.15) is 0 Å². The summed E-state index contributed by atoms with van der Waals surface area (Å²) in [5.74, 6) is 0.433. The Bertz CT molecular complexity index is 201. The van der Waals surface area contributed by atoms with Gasteiger partial charge in [0.25, 0.3) is 0 Å². The standard InChI is InChI=1S/C8H14N2O/c1-8(2,3)10-6-4-5-7(9)11-10/h4-6H,9H2,1-3H3. The van der Waals surface area contributed by atoms with Crippen molar-refractivity contribution < 1.29 is 4.84 Å². The van der Waals surface area contributed by atoms with E-state index in [1.54, 1.807) is 11.1 Å². The lowest BCUT2D eigenvalue weighted by Gasteiger charge is -2.34. The second kappa shape index (κ2) is 2.49. The van der Waals surface area contributed by atoms with E-state index >= 15 is 0 Å². The Morgan fingerprint density at radius 1 is 1.45 bits per heavy atom. The summed E-state index contributed by atoms with van der Waals surface area (Å²) in [6.45, 7) is 6.15. The molecule has 0 amide bonds. The average molecular weight is 154 g/mol. The van der Waals surface area contributed by atoms with E-state index in [2.05, 4.69) is 20.8 Å². The lowest BCUT2D eigenvalue weighted by molar-refractivity contribution is -0.139. The predicted octanol–water partition coefficient (Wildman–Crippen LogP) is 1.35. The molecule has 2 N–H and O–H groups in total. The molecule has 62 valence electrons. The van der Waals surface area contributed by atoms with Gasteiger partial charge >= 0.3 is 0 Å². The molecule has 0 fully saturated rings. The van der Waals surface area contributed by atoms with E-state index in [1.165, 1.54) is 0 Å². The smallest absolute Gasteiger partial charge is 0.217 e. The molecule has 0 aromatic heterocycles. The molecule has 0 spiro atoms. The summed E-state index contributed by atoms with van der Waals surface area (Å²) in [6.07, 6.45) is 5.45. The van der Waals surface area contributed by atoms with Gasteiger partial charge in [-0.05, 0) is 26.8 Å². The zero-order valence-corrected chi connectivity index (χ0v) is 7.16. The Kier molecular flexibility index (Phi) is 1.81. The SMILES string of the molecule is CC(C)(C)N1C=CC=C(N)O1. The molecule has 0 bridgehead atoms. The van der Waals surface area contributed by atoms with Crippen molar-refractivity contribution in [2.45, 2.75) is 26.3 Å². The van der Waals surface area contributed by atoms with E-state index in [4.69, 9.17) is 10.6 Å². The van der Waals surface area contributed by atoms with Gasteiger partial charge in [0.2, 0.25) is 5.88 Å². The number of allylic oxidation sites excluding steroid dienone is 2. The molecule has 3 heteroatoms. The average Bonchev–Trinajstić information content (AvgIpc) is 1.86. The second-order valence-electron chi connectivity index (χ2n) is 3.50. The van der Waals surface area contributed by atoms with Gasteiger partial charge in [-0.25, -0.2) is 5.06 Å². The van der Waals surface area contributed by atoms with Crippen LogP contribution in [0.3, 0.4) is 0 Å². The fourth-order valence-electron chi connectivity index (χ4n) is 0.751. The lowest BCUT2D eigenvalue weighted by atomic mass is 10.1. The Balaban J connectivity index is 2.67. The van der Waals surface area contributed by atoms with Gasteiger partial charge in [-0.1, -0.05) is 0 Å². The van der Waals surface area contributed by atoms with Gasteiger partial charge in [0, 0.05) is 12.3 Å². The van der Waals surface area contributed by atoms with Crippen molar-refractivity contribution >= 4 is 0 Å². The van der Waals surface area contributed by atoms with Crippen molar-refractivity contribution in [2.75, 3.05) is 0 Å². The van der Waals surface area contributed by atoms with Crippen molar-refractivity contribution in [3.05, 3.63) is 24.2 Å². The number of nitrogens with zero attached hydrogens (tertiary/aromatic N) is 1. The van der Waals surface area contributed by atoms with Crippen LogP contribution in [0.15, 0.2) is 24.2 Å². The summed E-state index contributed by atoms with van der Waals surface area (Å²) >= 11 is 0. The molecule has 0 radical (unpaired) electrons. The zero-order valence-electron chi connectivity index (χ0n) is 7.16. The van der Waals surface area contributed by atoms with Crippen molar-refractivity contribution in [2.24, 2.45) is 5.73 Å². The maximum absolute atomic E-state index is 5.47. The summed E-state index contributed by atoms with van der Waals surface area (Å²) in [7, 11) is 0. The summed E-state index contributed by atoms with van der Waals surface area (Å²) in [6, 6.07) is 0. The molecular formula is C8H14N2O.